The lowest BCUT2D eigenvalue weighted by atomic mass is 10.0. The average molecular weight is 307 g/mol. The number of fused-ring (bicyclic) bond motifs is 1. The molecule has 1 fully saturated rings. The summed E-state index contributed by atoms with van der Waals surface area (Å²) in [5.41, 5.74) is 2.66. The van der Waals surface area contributed by atoms with Crippen LogP contribution in [0.3, 0.4) is 0 Å². The molecule has 0 radical (unpaired) electrons. The molecule has 0 aliphatic carbocycles. The molecule has 1 saturated heterocycles. The van der Waals surface area contributed by atoms with Crippen molar-refractivity contribution in [3.8, 4) is 0 Å². The van der Waals surface area contributed by atoms with E-state index in [2.05, 4.69) is 24.8 Å². The highest BCUT2D eigenvalue weighted by Crippen LogP contribution is 2.25. The lowest BCUT2D eigenvalue weighted by molar-refractivity contribution is 0.147. The number of rotatable bonds is 3. The molecule has 0 unspecified atom stereocenters. The lowest BCUT2D eigenvalue weighted by Crippen LogP contribution is -2.22. The smallest absolute Gasteiger partial charge is 0.147 e. The van der Waals surface area contributed by atoms with Gasteiger partial charge < -0.3 is 10.0 Å². The molecule has 0 bridgehead atoms. The molecule has 1 aromatic carbocycles. The minimum Gasteiger partial charge on any atom is -0.391 e. The standard InChI is InChI=1S/C17H17N5O/c23-16-11-22(10-12(16)7-13-8-18-5-6-19-13)17-9-20-14-3-1-2-4-15(14)21-17/h1-6,8-9,12,16,23H,7,10-11H2/t12-,16-/m1/s1. The maximum absolute atomic E-state index is 10.4. The first kappa shape index (κ1) is 14.0. The van der Waals surface area contributed by atoms with Crippen LogP contribution >= 0.6 is 0 Å². The quantitative estimate of drug-likeness (QED) is 0.789. The number of para-hydroxylation sites is 2. The summed E-state index contributed by atoms with van der Waals surface area (Å²) >= 11 is 0. The summed E-state index contributed by atoms with van der Waals surface area (Å²) < 4.78 is 0. The largest absolute Gasteiger partial charge is 0.391 e. The third kappa shape index (κ3) is 2.85. The van der Waals surface area contributed by atoms with E-state index in [1.807, 2.05) is 24.3 Å². The highest BCUT2D eigenvalue weighted by atomic mass is 16.3. The van der Waals surface area contributed by atoms with Crippen molar-refractivity contribution in [2.75, 3.05) is 18.0 Å². The molecule has 1 aliphatic rings. The van der Waals surface area contributed by atoms with Crippen molar-refractivity contribution >= 4 is 16.9 Å². The van der Waals surface area contributed by atoms with Gasteiger partial charge in [-0.05, 0) is 18.6 Å². The van der Waals surface area contributed by atoms with Crippen LogP contribution in [-0.2, 0) is 6.42 Å². The number of aliphatic hydroxyl groups excluding tert-OH is 1. The molecular formula is C17H17N5O. The van der Waals surface area contributed by atoms with Crippen molar-refractivity contribution in [2.45, 2.75) is 12.5 Å². The topological polar surface area (TPSA) is 75.0 Å². The number of anilines is 1. The van der Waals surface area contributed by atoms with Gasteiger partial charge in [-0.2, -0.15) is 0 Å². The highest BCUT2D eigenvalue weighted by molar-refractivity contribution is 5.75. The van der Waals surface area contributed by atoms with E-state index in [0.717, 1.165) is 29.1 Å². The van der Waals surface area contributed by atoms with Gasteiger partial charge in [-0.25, -0.2) is 4.98 Å². The molecule has 3 heterocycles. The second-order valence-electron chi connectivity index (χ2n) is 5.85. The van der Waals surface area contributed by atoms with Crippen molar-refractivity contribution in [3.05, 3.63) is 54.7 Å². The Morgan fingerprint density at radius 1 is 1.04 bits per heavy atom. The number of hydrogen-bond acceptors (Lipinski definition) is 6. The summed E-state index contributed by atoms with van der Waals surface area (Å²) in [6.45, 7) is 1.31. The summed E-state index contributed by atoms with van der Waals surface area (Å²) in [6, 6.07) is 7.81. The fraction of sp³-hybridized carbons (Fsp3) is 0.294. The normalized spacial score (nSPS) is 21.0. The molecule has 23 heavy (non-hydrogen) atoms. The predicted octanol–water partition coefficient (Wildman–Crippen LogP) is 1.46. The minimum absolute atomic E-state index is 0.125. The van der Waals surface area contributed by atoms with E-state index in [1.54, 1.807) is 24.8 Å². The number of β-amino-alcohol motifs (C(OH)–C–C–N with tert-alkyl or cyclic N) is 1. The molecule has 116 valence electrons. The van der Waals surface area contributed by atoms with Gasteiger partial charge in [0, 0.05) is 37.6 Å². The summed E-state index contributed by atoms with van der Waals surface area (Å²) in [7, 11) is 0. The molecule has 1 aliphatic heterocycles. The molecule has 2 aromatic heterocycles. The Hall–Kier alpha value is -2.60. The molecule has 6 nitrogen and oxygen atoms in total. The van der Waals surface area contributed by atoms with Crippen LogP contribution in [0.2, 0.25) is 0 Å². The first-order valence-electron chi connectivity index (χ1n) is 7.69. The van der Waals surface area contributed by atoms with Crippen molar-refractivity contribution in [3.63, 3.8) is 0 Å². The van der Waals surface area contributed by atoms with E-state index < -0.39 is 6.10 Å². The van der Waals surface area contributed by atoms with Gasteiger partial charge >= 0.3 is 0 Å². The Bertz CT molecular complexity index is 810. The number of aliphatic hydroxyl groups is 1. The number of aromatic nitrogens is 4. The van der Waals surface area contributed by atoms with Crippen molar-refractivity contribution in [1.82, 2.24) is 19.9 Å². The van der Waals surface area contributed by atoms with Crippen molar-refractivity contribution < 1.29 is 5.11 Å². The first-order chi connectivity index (χ1) is 11.3. The van der Waals surface area contributed by atoms with Gasteiger partial charge in [-0.15, -0.1) is 0 Å². The average Bonchev–Trinajstić information content (AvgIpc) is 2.96. The maximum Gasteiger partial charge on any atom is 0.147 e. The van der Waals surface area contributed by atoms with E-state index in [-0.39, 0.29) is 5.92 Å². The van der Waals surface area contributed by atoms with E-state index >= 15 is 0 Å². The van der Waals surface area contributed by atoms with Gasteiger partial charge in [-0.1, -0.05) is 12.1 Å². The van der Waals surface area contributed by atoms with Crippen LogP contribution in [0.4, 0.5) is 5.82 Å². The molecule has 0 amide bonds. The number of hydrogen-bond donors (Lipinski definition) is 1. The molecule has 2 atom stereocenters. The van der Waals surface area contributed by atoms with E-state index in [9.17, 15) is 5.11 Å². The predicted molar refractivity (Wildman–Crippen MR) is 87.0 cm³/mol. The summed E-state index contributed by atoms with van der Waals surface area (Å²) in [4.78, 5) is 19.6. The Balaban J connectivity index is 1.53. The van der Waals surface area contributed by atoms with Crippen LogP contribution in [-0.4, -0.2) is 44.2 Å². The summed E-state index contributed by atoms with van der Waals surface area (Å²) in [5, 5.41) is 10.4. The van der Waals surface area contributed by atoms with Gasteiger partial charge in [-0.3, -0.25) is 15.0 Å². The molecule has 1 N–H and O–H groups in total. The second kappa shape index (κ2) is 5.89. The first-order valence-corrected chi connectivity index (χ1v) is 7.69. The molecule has 4 rings (SSSR count). The fourth-order valence-electron chi connectivity index (χ4n) is 3.05. The van der Waals surface area contributed by atoms with Crippen LogP contribution in [0.5, 0.6) is 0 Å². The van der Waals surface area contributed by atoms with Crippen LogP contribution < -0.4 is 4.90 Å². The summed E-state index contributed by atoms with van der Waals surface area (Å²) in [6.07, 6.45) is 7.19. The highest BCUT2D eigenvalue weighted by Gasteiger charge is 2.32. The van der Waals surface area contributed by atoms with Crippen LogP contribution in [0.25, 0.3) is 11.0 Å². The molecule has 6 heteroatoms. The van der Waals surface area contributed by atoms with Crippen LogP contribution in [0, 0.1) is 5.92 Å². The maximum atomic E-state index is 10.4. The lowest BCUT2D eigenvalue weighted by Gasteiger charge is -2.17. The third-order valence-electron chi connectivity index (χ3n) is 4.25. The SMILES string of the molecule is O[C@@H]1CN(c2cnc3ccccc3n2)C[C@H]1Cc1cnccn1. The van der Waals surface area contributed by atoms with Crippen molar-refractivity contribution in [2.24, 2.45) is 5.92 Å². The summed E-state index contributed by atoms with van der Waals surface area (Å²) in [5.74, 6) is 0.935. The second-order valence-corrected chi connectivity index (χ2v) is 5.85. The Morgan fingerprint density at radius 2 is 1.91 bits per heavy atom. The fourth-order valence-corrected chi connectivity index (χ4v) is 3.05. The van der Waals surface area contributed by atoms with Crippen LogP contribution in [0.1, 0.15) is 5.69 Å². The van der Waals surface area contributed by atoms with E-state index in [0.29, 0.717) is 13.0 Å². The van der Waals surface area contributed by atoms with E-state index in [4.69, 9.17) is 0 Å². The van der Waals surface area contributed by atoms with Gasteiger partial charge in [0.25, 0.3) is 0 Å². The van der Waals surface area contributed by atoms with Crippen molar-refractivity contribution in [1.29, 1.82) is 0 Å². The minimum atomic E-state index is -0.398. The molecule has 3 aromatic rings. The van der Waals surface area contributed by atoms with Gasteiger partial charge in [0.05, 0.1) is 29.0 Å². The molecule has 0 saturated carbocycles. The monoisotopic (exact) mass is 307 g/mol. The third-order valence-corrected chi connectivity index (χ3v) is 4.25. The van der Waals surface area contributed by atoms with Gasteiger partial charge in [0.2, 0.25) is 0 Å². The number of nitrogens with zero attached hydrogens (tertiary/aromatic N) is 5. The Morgan fingerprint density at radius 3 is 2.74 bits per heavy atom. The molecular weight excluding hydrogens is 290 g/mol. The van der Waals surface area contributed by atoms with Gasteiger partial charge in [0.15, 0.2) is 0 Å². The van der Waals surface area contributed by atoms with Gasteiger partial charge in [0.1, 0.15) is 5.82 Å². The zero-order valence-electron chi connectivity index (χ0n) is 12.6. The van der Waals surface area contributed by atoms with E-state index in [1.165, 1.54) is 0 Å². The number of benzene rings is 1. The molecule has 0 spiro atoms. The Labute approximate surface area is 133 Å². The Kier molecular flexibility index (Phi) is 3.59. The van der Waals surface area contributed by atoms with Crippen LogP contribution in [0.15, 0.2) is 49.1 Å². The zero-order valence-corrected chi connectivity index (χ0v) is 12.6. The zero-order chi connectivity index (χ0) is 15.6.